The van der Waals surface area contributed by atoms with Crippen LogP contribution in [0.25, 0.3) is 0 Å². The fraction of sp³-hybridized carbons (Fsp3) is 0.562. The number of nitrogens with zero attached hydrogens (tertiary/aromatic N) is 1. The molecule has 2 rings (SSSR count). The van der Waals surface area contributed by atoms with Crippen LogP contribution in [0.1, 0.15) is 37.4 Å². The monoisotopic (exact) mass is 311 g/mol. The number of aliphatic hydroxyl groups excluding tert-OH is 1. The summed E-state index contributed by atoms with van der Waals surface area (Å²) in [6.07, 6.45) is 2.79. The van der Waals surface area contributed by atoms with Crippen molar-refractivity contribution in [3.63, 3.8) is 0 Å². The zero-order chi connectivity index (χ0) is 15.4. The van der Waals surface area contributed by atoms with Gasteiger partial charge in [0.1, 0.15) is 0 Å². The Kier molecular flexibility index (Phi) is 5.62. The molecule has 1 aliphatic carbocycles. The molecule has 1 atom stereocenters. The van der Waals surface area contributed by atoms with Crippen LogP contribution in [0.2, 0.25) is 5.02 Å². The van der Waals surface area contributed by atoms with Gasteiger partial charge in [0, 0.05) is 18.0 Å². The van der Waals surface area contributed by atoms with Crippen LogP contribution >= 0.6 is 11.6 Å². The molecule has 0 saturated heterocycles. The highest BCUT2D eigenvalue weighted by atomic mass is 35.5. The first kappa shape index (κ1) is 16.3. The first-order valence-corrected chi connectivity index (χ1v) is 7.66. The quantitative estimate of drug-likeness (QED) is 0.869. The van der Waals surface area contributed by atoms with Crippen LogP contribution in [0.5, 0.6) is 0 Å². The third-order valence-electron chi connectivity index (χ3n) is 4.36. The standard InChI is InChI=1S/C16H22ClNO3/c1-18(21-2)16(20)13-5-3-11(4-6-13)15(19)12-7-9-14(17)10-8-12/h7-11,13,15,19H,3-6H2,1-2H3/t11-,13+,15?. The molecule has 1 aromatic carbocycles. The topological polar surface area (TPSA) is 49.8 Å². The van der Waals surface area contributed by atoms with E-state index < -0.39 is 6.10 Å². The number of carbonyl (C=O) groups excluding carboxylic acids is 1. The van der Waals surface area contributed by atoms with Crippen molar-refractivity contribution in [3.05, 3.63) is 34.9 Å². The Morgan fingerprint density at radius 1 is 1.29 bits per heavy atom. The molecule has 0 aromatic heterocycles. The third-order valence-corrected chi connectivity index (χ3v) is 4.62. The second-order valence-corrected chi connectivity index (χ2v) is 6.06. The second-order valence-electron chi connectivity index (χ2n) is 5.63. The molecule has 1 saturated carbocycles. The molecule has 1 fully saturated rings. The number of benzene rings is 1. The normalized spacial score (nSPS) is 23.6. The van der Waals surface area contributed by atoms with Gasteiger partial charge in [0.15, 0.2) is 0 Å². The zero-order valence-corrected chi connectivity index (χ0v) is 13.2. The lowest BCUT2D eigenvalue weighted by Crippen LogP contribution is -2.35. The molecule has 1 aromatic rings. The number of amides is 1. The average molecular weight is 312 g/mol. The number of halogens is 1. The number of rotatable bonds is 4. The number of aliphatic hydroxyl groups is 1. The van der Waals surface area contributed by atoms with E-state index >= 15 is 0 Å². The molecule has 0 bridgehead atoms. The largest absolute Gasteiger partial charge is 0.388 e. The highest BCUT2D eigenvalue weighted by Gasteiger charge is 2.31. The molecule has 21 heavy (non-hydrogen) atoms. The highest BCUT2D eigenvalue weighted by molar-refractivity contribution is 6.30. The van der Waals surface area contributed by atoms with Crippen molar-refractivity contribution in [2.45, 2.75) is 31.8 Å². The maximum atomic E-state index is 12.0. The van der Waals surface area contributed by atoms with E-state index in [1.807, 2.05) is 12.1 Å². The highest BCUT2D eigenvalue weighted by Crippen LogP contribution is 2.37. The molecule has 0 aliphatic heterocycles. The summed E-state index contributed by atoms with van der Waals surface area (Å²) < 4.78 is 0. The number of hydrogen-bond donors (Lipinski definition) is 1. The Labute approximate surface area is 130 Å². The van der Waals surface area contributed by atoms with Gasteiger partial charge in [-0.05, 0) is 49.3 Å². The molecule has 4 nitrogen and oxygen atoms in total. The van der Waals surface area contributed by atoms with Gasteiger partial charge in [-0.15, -0.1) is 0 Å². The smallest absolute Gasteiger partial charge is 0.248 e. The predicted molar refractivity (Wildman–Crippen MR) is 81.6 cm³/mol. The van der Waals surface area contributed by atoms with E-state index in [1.165, 1.54) is 12.2 Å². The first-order chi connectivity index (χ1) is 10.0. The maximum Gasteiger partial charge on any atom is 0.248 e. The van der Waals surface area contributed by atoms with Crippen LogP contribution in [0.15, 0.2) is 24.3 Å². The summed E-state index contributed by atoms with van der Waals surface area (Å²) in [6.45, 7) is 0. The van der Waals surface area contributed by atoms with E-state index in [9.17, 15) is 9.90 Å². The minimum Gasteiger partial charge on any atom is -0.388 e. The summed E-state index contributed by atoms with van der Waals surface area (Å²) in [4.78, 5) is 17.0. The lowest BCUT2D eigenvalue weighted by molar-refractivity contribution is -0.175. The van der Waals surface area contributed by atoms with Gasteiger partial charge in [-0.1, -0.05) is 23.7 Å². The van der Waals surface area contributed by atoms with Gasteiger partial charge in [0.25, 0.3) is 0 Å². The zero-order valence-electron chi connectivity index (χ0n) is 12.5. The molecular weight excluding hydrogens is 290 g/mol. The van der Waals surface area contributed by atoms with E-state index in [4.69, 9.17) is 16.4 Å². The Bertz CT molecular complexity index is 469. The second kappa shape index (κ2) is 7.25. The molecule has 0 spiro atoms. The van der Waals surface area contributed by atoms with Crippen molar-refractivity contribution in [2.24, 2.45) is 11.8 Å². The third kappa shape index (κ3) is 3.96. The van der Waals surface area contributed by atoms with E-state index in [-0.39, 0.29) is 17.7 Å². The lowest BCUT2D eigenvalue weighted by Gasteiger charge is -2.32. The Balaban J connectivity index is 1.91. The predicted octanol–water partition coefficient (Wildman–Crippen LogP) is 3.20. The minimum atomic E-state index is -0.488. The van der Waals surface area contributed by atoms with Crippen LogP contribution in [-0.2, 0) is 9.63 Å². The van der Waals surface area contributed by atoms with Crippen molar-refractivity contribution in [1.82, 2.24) is 5.06 Å². The van der Waals surface area contributed by atoms with E-state index in [0.717, 1.165) is 31.2 Å². The number of carbonyl (C=O) groups is 1. The van der Waals surface area contributed by atoms with E-state index in [2.05, 4.69) is 0 Å². The molecule has 1 aliphatic rings. The maximum absolute atomic E-state index is 12.0. The molecule has 5 heteroatoms. The van der Waals surface area contributed by atoms with E-state index in [0.29, 0.717) is 5.02 Å². The van der Waals surface area contributed by atoms with Crippen LogP contribution in [0.3, 0.4) is 0 Å². The summed E-state index contributed by atoms with van der Waals surface area (Å²) in [5.74, 6) is 0.226. The van der Waals surface area contributed by atoms with Crippen molar-refractivity contribution < 1.29 is 14.7 Å². The minimum absolute atomic E-state index is 0.00335. The molecule has 0 radical (unpaired) electrons. The van der Waals surface area contributed by atoms with Gasteiger partial charge in [0.05, 0.1) is 13.2 Å². The van der Waals surface area contributed by atoms with Crippen molar-refractivity contribution in [2.75, 3.05) is 14.2 Å². The van der Waals surface area contributed by atoms with Gasteiger partial charge in [0.2, 0.25) is 5.91 Å². The summed E-state index contributed by atoms with van der Waals surface area (Å²) >= 11 is 5.86. The number of hydrogen-bond acceptors (Lipinski definition) is 3. The molecular formula is C16H22ClNO3. The Morgan fingerprint density at radius 2 is 1.86 bits per heavy atom. The van der Waals surface area contributed by atoms with Crippen LogP contribution in [0, 0.1) is 11.8 Å². The lowest BCUT2D eigenvalue weighted by atomic mass is 9.77. The molecule has 1 N–H and O–H groups in total. The summed E-state index contributed by atoms with van der Waals surface area (Å²) in [7, 11) is 3.13. The number of hydroxylamine groups is 2. The van der Waals surface area contributed by atoms with Crippen molar-refractivity contribution >= 4 is 17.5 Å². The van der Waals surface area contributed by atoms with Gasteiger partial charge in [-0.25, -0.2) is 5.06 Å². The average Bonchev–Trinajstić information content (AvgIpc) is 2.53. The Morgan fingerprint density at radius 3 is 2.38 bits per heavy atom. The fourth-order valence-electron chi connectivity index (χ4n) is 2.96. The molecule has 116 valence electrons. The first-order valence-electron chi connectivity index (χ1n) is 7.28. The van der Waals surface area contributed by atoms with Crippen molar-refractivity contribution in [3.8, 4) is 0 Å². The Hall–Kier alpha value is -1.10. The molecule has 0 heterocycles. The van der Waals surface area contributed by atoms with Crippen LogP contribution < -0.4 is 0 Å². The molecule has 1 unspecified atom stereocenters. The molecule has 1 amide bonds. The van der Waals surface area contributed by atoms with Gasteiger partial charge in [-0.2, -0.15) is 0 Å². The van der Waals surface area contributed by atoms with E-state index in [1.54, 1.807) is 19.2 Å². The summed E-state index contributed by atoms with van der Waals surface area (Å²) in [5, 5.41) is 12.4. The van der Waals surface area contributed by atoms with Crippen LogP contribution in [-0.4, -0.2) is 30.2 Å². The fourth-order valence-corrected chi connectivity index (χ4v) is 3.09. The van der Waals surface area contributed by atoms with Gasteiger partial charge in [-0.3, -0.25) is 9.63 Å². The summed E-state index contributed by atoms with van der Waals surface area (Å²) in [5.41, 5.74) is 0.892. The van der Waals surface area contributed by atoms with Crippen molar-refractivity contribution in [1.29, 1.82) is 0 Å². The van der Waals surface area contributed by atoms with Gasteiger partial charge < -0.3 is 5.11 Å². The van der Waals surface area contributed by atoms with Gasteiger partial charge >= 0.3 is 0 Å². The SMILES string of the molecule is CON(C)C(=O)[C@H]1CC[C@@H](C(O)c2ccc(Cl)cc2)CC1. The van der Waals surface area contributed by atoms with Crippen LogP contribution in [0.4, 0.5) is 0 Å². The summed E-state index contributed by atoms with van der Waals surface area (Å²) in [6, 6.07) is 7.32.